The molecule has 1 atom stereocenters. The number of carbonyl (C=O) groups excluding carboxylic acids is 1. The van der Waals surface area contributed by atoms with E-state index in [0.717, 1.165) is 38.2 Å². The zero-order valence-corrected chi connectivity index (χ0v) is 14.8. The van der Waals surface area contributed by atoms with E-state index in [4.69, 9.17) is 0 Å². The van der Waals surface area contributed by atoms with Crippen LogP contribution in [0.3, 0.4) is 0 Å². The maximum absolute atomic E-state index is 12.6. The van der Waals surface area contributed by atoms with Crippen LogP contribution < -0.4 is 5.32 Å². The summed E-state index contributed by atoms with van der Waals surface area (Å²) in [5, 5.41) is 15.8. The van der Waals surface area contributed by atoms with Gasteiger partial charge in [0.05, 0.1) is 0 Å². The van der Waals surface area contributed by atoms with Crippen molar-refractivity contribution in [3.63, 3.8) is 0 Å². The Morgan fingerprint density at radius 1 is 1.15 bits per heavy atom. The molecule has 1 saturated heterocycles. The number of carbonyl (C=O) groups is 1. The number of aryl methyl sites for hydroxylation is 2. The van der Waals surface area contributed by atoms with E-state index >= 15 is 0 Å². The minimum absolute atomic E-state index is 0.153. The number of rotatable bonds is 6. The van der Waals surface area contributed by atoms with Gasteiger partial charge in [-0.2, -0.15) is 4.52 Å². The molecule has 1 N–H and O–H groups in total. The van der Waals surface area contributed by atoms with Crippen LogP contribution in [0.2, 0.25) is 0 Å². The highest BCUT2D eigenvalue weighted by Gasteiger charge is 2.31. The third kappa shape index (κ3) is 3.37. The number of hydrogen-bond donors (Lipinski definition) is 1. The second-order valence-electron chi connectivity index (χ2n) is 6.64. The summed E-state index contributed by atoms with van der Waals surface area (Å²) in [7, 11) is 0. The molecule has 0 bridgehead atoms. The molecule has 1 aromatic carbocycles. The molecule has 1 aliphatic heterocycles. The summed E-state index contributed by atoms with van der Waals surface area (Å²) in [5.41, 5.74) is 2.02. The average molecular weight is 350 g/mol. The molecule has 1 amide bonds. The van der Waals surface area contributed by atoms with Gasteiger partial charge in [-0.3, -0.25) is 4.79 Å². The van der Waals surface area contributed by atoms with Crippen LogP contribution in [0, 0.1) is 6.92 Å². The van der Waals surface area contributed by atoms with Crippen LogP contribution in [0.5, 0.6) is 0 Å². The molecule has 1 unspecified atom stereocenters. The number of likely N-dealkylation sites (tertiary alicyclic amines) is 1. The van der Waals surface area contributed by atoms with Crippen LogP contribution in [0.4, 0.5) is 5.82 Å². The highest BCUT2D eigenvalue weighted by Crippen LogP contribution is 2.17. The van der Waals surface area contributed by atoms with Crippen molar-refractivity contribution in [2.24, 2.45) is 0 Å². The maximum Gasteiger partial charge on any atom is 0.245 e. The summed E-state index contributed by atoms with van der Waals surface area (Å²) < 4.78 is 1.68. The van der Waals surface area contributed by atoms with Gasteiger partial charge in [0.25, 0.3) is 0 Å². The zero-order valence-electron chi connectivity index (χ0n) is 14.8. The molecule has 0 spiro atoms. The number of amides is 1. The van der Waals surface area contributed by atoms with E-state index in [1.165, 1.54) is 5.56 Å². The first-order valence-corrected chi connectivity index (χ1v) is 8.99. The van der Waals surface area contributed by atoms with Gasteiger partial charge >= 0.3 is 0 Å². The number of nitrogens with zero attached hydrogens (tertiary/aromatic N) is 5. The summed E-state index contributed by atoms with van der Waals surface area (Å²) in [5.74, 6) is 1.55. The van der Waals surface area contributed by atoms with Gasteiger partial charge in [-0.15, -0.1) is 15.3 Å². The largest absolute Gasteiger partial charge is 0.357 e. The second-order valence-corrected chi connectivity index (χ2v) is 6.64. The minimum atomic E-state index is -0.214. The Bertz CT molecular complexity index is 907. The topological polar surface area (TPSA) is 75.4 Å². The SMILES string of the molecule is Cc1nnc2ccc(NC3CCN(CCCc4ccccc4)C3=O)nn12. The molecule has 1 fully saturated rings. The van der Waals surface area contributed by atoms with Crippen LogP contribution in [0.1, 0.15) is 24.2 Å². The van der Waals surface area contributed by atoms with Gasteiger partial charge in [0.1, 0.15) is 11.9 Å². The van der Waals surface area contributed by atoms with Crippen LogP contribution in [-0.4, -0.2) is 49.7 Å². The van der Waals surface area contributed by atoms with E-state index in [9.17, 15) is 4.79 Å². The molecule has 3 heterocycles. The molecule has 3 aromatic rings. The molecule has 0 saturated carbocycles. The van der Waals surface area contributed by atoms with Crippen molar-refractivity contribution in [3.8, 4) is 0 Å². The quantitative estimate of drug-likeness (QED) is 0.737. The summed E-state index contributed by atoms with van der Waals surface area (Å²) in [4.78, 5) is 14.6. The Balaban J connectivity index is 1.33. The Hall–Kier alpha value is -2.96. The number of fused-ring (bicyclic) bond motifs is 1. The van der Waals surface area contributed by atoms with Gasteiger partial charge in [0.15, 0.2) is 11.5 Å². The fourth-order valence-electron chi connectivity index (χ4n) is 3.37. The maximum atomic E-state index is 12.6. The van der Waals surface area contributed by atoms with Gasteiger partial charge in [-0.25, -0.2) is 0 Å². The first-order chi connectivity index (χ1) is 12.7. The van der Waals surface area contributed by atoms with Crippen molar-refractivity contribution in [1.82, 2.24) is 24.7 Å². The summed E-state index contributed by atoms with van der Waals surface area (Å²) in [6.07, 6.45) is 2.77. The van der Waals surface area contributed by atoms with E-state index < -0.39 is 0 Å². The lowest BCUT2D eigenvalue weighted by atomic mass is 10.1. The first kappa shape index (κ1) is 16.5. The normalized spacial score (nSPS) is 17.2. The molecule has 4 rings (SSSR count). The van der Waals surface area contributed by atoms with E-state index in [-0.39, 0.29) is 11.9 Å². The van der Waals surface area contributed by atoms with Crippen LogP contribution in [0.25, 0.3) is 5.65 Å². The molecule has 0 aliphatic carbocycles. The number of nitrogens with one attached hydrogen (secondary N) is 1. The van der Waals surface area contributed by atoms with Crippen molar-refractivity contribution in [2.45, 2.75) is 32.2 Å². The van der Waals surface area contributed by atoms with Gasteiger partial charge in [0, 0.05) is 13.1 Å². The number of aromatic nitrogens is 4. The second kappa shape index (κ2) is 7.11. The van der Waals surface area contributed by atoms with E-state index in [1.54, 1.807) is 4.52 Å². The van der Waals surface area contributed by atoms with E-state index in [2.05, 4.69) is 44.9 Å². The van der Waals surface area contributed by atoms with E-state index in [0.29, 0.717) is 11.5 Å². The van der Waals surface area contributed by atoms with Crippen molar-refractivity contribution in [1.29, 1.82) is 0 Å². The van der Waals surface area contributed by atoms with Crippen molar-refractivity contribution in [2.75, 3.05) is 18.4 Å². The van der Waals surface area contributed by atoms with Crippen LogP contribution in [-0.2, 0) is 11.2 Å². The van der Waals surface area contributed by atoms with Crippen LogP contribution in [0.15, 0.2) is 42.5 Å². The van der Waals surface area contributed by atoms with Gasteiger partial charge < -0.3 is 10.2 Å². The number of hydrogen-bond acceptors (Lipinski definition) is 5. The highest BCUT2D eigenvalue weighted by atomic mass is 16.2. The Morgan fingerprint density at radius 3 is 2.85 bits per heavy atom. The monoisotopic (exact) mass is 350 g/mol. The fraction of sp³-hybridized carbons (Fsp3) is 0.368. The lowest BCUT2D eigenvalue weighted by Gasteiger charge is -2.17. The lowest BCUT2D eigenvalue weighted by Crippen LogP contribution is -2.34. The summed E-state index contributed by atoms with van der Waals surface area (Å²) in [6, 6.07) is 13.9. The van der Waals surface area contributed by atoms with Crippen molar-refractivity contribution >= 4 is 17.4 Å². The first-order valence-electron chi connectivity index (χ1n) is 8.99. The Morgan fingerprint density at radius 2 is 2.00 bits per heavy atom. The standard InChI is InChI=1S/C19H22N6O/c1-14-21-22-18-10-9-17(23-25(14)18)20-16-11-13-24(19(16)26)12-5-8-15-6-3-2-4-7-15/h2-4,6-7,9-10,16H,5,8,11-13H2,1H3,(H,20,23). The Kier molecular flexibility index (Phi) is 4.51. The van der Waals surface area contributed by atoms with Crippen molar-refractivity contribution < 1.29 is 4.79 Å². The molecule has 26 heavy (non-hydrogen) atoms. The molecule has 1 aliphatic rings. The molecule has 7 nitrogen and oxygen atoms in total. The third-order valence-corrected chi connectivity index (χ3v) is 4.77. The van der Waals surface area contributed by atoms with Crippen LogP contribution >= 0.6 is 0 Å². The predicted octanol–water partition coefficient (Wildman–Crippen LogP) is 2.08. The Labute approximate surface area is 152 Å². The summed E-state index contributed by atoms with van der Waals surface area (Å²) >= 11 is 0. The van der Waals surface area contributed by atoms with E-state index in [1.807, 2.05) is 30.0 Å². The minimum Gasteiger partial charge on any atom is -0.357 e. The van der Waals surface area contributed by atoms with Gasteiger partial charge in [0.2, 0.25) is 5.91 Å². The zero-order chi connectivity index (χ0) is 17.9. The molecule has 2 aromatic heterocycles. The third-order valence-electron chi connectivity index (χ3n) is 4.77. The van der Waals surface area contributed by atoms with Gasteiger partial charge in [-0.1, -0.05) is 30.3 Å². The summed E-state index contributed by atoms with van der Waals surface area (Å²) in [6.45, 7) is 3.44. The molecule has 134 valence electrons. The number of anilines is 1. The molecular formula is C19H22N6O. The molecule has 7 heteroatoms. The smallest absolute Gasteiger partial charge is 0.245 e. The van der Waals surface area contributed by atoms with Crippen molar-refractivity contribution in [3.05, 3.63) is 53.9 Å². The number of benzene rings is 1. The average Bonchev–Trinajstić information content (AvgIpc) is 3.20. The highest BCUT2D eigenvalue weighted by molar-refractivity contribution is 5.86. The predicted molar refractivity (Wildman–Crippen MR) is 98.9 cm³/mol. The molecule has 0 radical (unpaired) electrons. The van der Waals surface area contributed by atoms with Gasteiger partial charge in [-0.05, 0) is 43.9 Å². The lowest BCUT2D eigenvalue weighted by molar-refractivity contribution is -0.128. The molecular weight excluding hydrogens is 328 g/mol. The fourth-order valence-corrected chi connectivity index (χ4v) is 3.37.